The number of carbonyl (C=O) groups is 1. The van der Waals surface area contributed by atoms with Gasteiger partial charge < -0.3 is 5.32 Å². The van der Waals surface area contributed by atoms with Crippen molar-refractivity contribution >= 4 is 66.0 Å². The fraction of sp³-hybridized carbons (Fsp3) is 0.0714. The van der Waals surface area contributed by atoms with Crippen LogP contribution in [0, 0.1) is 10.5 Å². The Morgan fingerprint density at radius 1 is 1.16 bits per heavy atom. The molecule has 2 aromatic carbocycles. The van der Waals surface area contributed by atoms with Crippen LogP contribution in [0.15, 0.2) is 45.3 Å². The second-order valence-electron chi connectivity index (χ2n) is 4.04. The minimum atomic E-state index is -0.122. The highest BCUT2D eigenvalue weighted by atomic mass is 127. The summed E-state index contributed by atoms with van der Waals surface area (Å²) < 4.78 is 2.85. The van der Waals surface area contributed by atoms with E-state index in [-0.39, 0.29) is 5.91 Å². The zero-order valence-electron chi connectivity index (χ0n) is 10.0. The summed E-state index contributed by atoms with van der Waals surface area (Å²) in [5.41, 5.74) is 2.50. The average Bonchev–Trinajstić information content (AvgIpc) is 2.32. The third-order valence-corrected chi connectivity index (χ3v) is 4.43. The Labute approximate surface area is 142 Å². The van der Waals surface area contributed by atoms with Crippen molar-refractivity contribution in [2.24, 2.45) is 0 Å². The van der Waals surface area contributed by atoms with Crippen molar-refractivity contribution in [2.45, 2.75) is 6.92 Å². The lowest BCUT2D eigenvalue weighted by Gasteiger charge is -2.10. The van der Waals surface area contributed by atoms with Gasteiger partial charge in [-0.3, -0.25) is 4.79 Å². The van der Waals surface area contributed by atoms with Gasteiger partial charge in [-0.15, -0.1) is 0 Å². The third-order valence-electron chi connectivity index (χ3n) is 2.61. The van der Waals surface area contributed by atoms with E-state index in [0.29, 0.717) is 5.56 Å². The summed E-state index contributed by atoms with van der Waals surface area (Å²) in [6, 6.07) is 11.4. The molecule has 1 N–H and O–H groups in total. The van der Waals surface area contributed by atoms with Gasteiger partial charge in [0.25, 0.3) is 5.91 Å². The number of anilines is 1. The zero-order valence-corrected chi connectivity index (χ0v) is 15.3. The molecule has 2 rings (SSSR count). The SMILES string of the molecule is Cc1cc(I)ccc1NC(=O)c1ccc(Br)cc1Br. The molecule has 0 fully saturated rings. The van der Waals surface area contributed by atoms with Crippen LogP contribution < -0.4 is 5.32 Å². The zero-order chi connectivity index (χ0) is 14.0. The molecule has 2 nitrogen and oxygen atoms in total. The molecular weight excluding hydrogens is 485 g/mol. The molecule has 0 atom stereocenters. The summed E-state index contributed by atoms with van der Waals surface area (Å²) in [5.74, 6) is -0.122. The predicted octanol–water partition coefficient (Wildman–Crippen LogP) is 5.38. The van der Waals surface area contributed by atoms with Crippen LogP contribution in [0.1, 0.15) is 15.9 Å². The quantitative estimate of drug-likeness (QED) is 0.558. The number of nitrogens with one attached hydrogen (secondary N) is 1. The van der Waals surface area contributed by atoms with Crippen LogP contribution in [0.5, 0.6) is 0 Å². The molecule has 0 aliphatic carbocycles. The number of aryl methyl sites for hydroxylation is 1. The van der Waals surface area contributed by atoms with Crippen molar-refractivity contribution in [3.63, 3.8) is 0 Å². The first-order chi connectivity index (χ1) is 8.97. The molecule has 0 saturated heterocycles. The molecule has 1 amide bonds. The fourth-order valence-corrected chi connectivity index (χ4v) is 3.50. The Morgan fingerprint density at radius 3 is 2.53 bits per heavy atom. The van der Waals surface area contributed by atoms with Crippen molar-refractivity contribution in [2.75, 3.05) is 5.32 Å². The van der Waals surface area contributed by atoms with E-state index in [1.165, 1.54) is 0 Å². The van der Waals surface area contributed by atoms with Gasteiger partial charge >= 0.3 is 0 Å². The Bertz CT molecular complexity index is 643. The van der Waals surface area contributed by atoms with E-state index in [0.717, 1.165) is 23.8 Å². The van der Waals surface area contributed by atoms with Crippen molar-refractivity contribution in [3.8, 4) is 0 Å². The van der Waals surface area contributed by atoms with Gasteiger partial charge in [-0.05, 0) is 87.4 Å². The first-order valence-corrected chi connectivity index (χ1v) is 8.16. The number of hydrogen-bond donors (Lipinski definition) is 1. The van der Waals surface area contributed by atoms with E-state index < -0.39 is 0 Å². The van der Waals surface area contributed by atoms with Crippen molar-refractivity contribution in [1.29, 1.82) is 0 Å². The van der Waals surface area contributed by atoms with E-state index in [1.54, 1.807) is 6.07 Å². The maximum absolute atomic E-state index is 12.2. The van der Waals surface area contributed by atoms with Gasteiger partial charge in [0.15, 0.2) is 0 Å². The monoisotopic (exact) mass is 493 g/mol. The van der Waals surface area contributed by atoms with Gasteiger partial charge in [0, 0.05) is 18.2 Å². The molecular formula is C14H10Br2INO. The molecule has 5 heteroatoms. The van der Waals surface area contributed by atoms with E-state index >= 15 is 0 Å². The second kappa shape index (κ2) is 6.37. The van der Waals surface area contributed by atoms with Crippen LogP contribution in [-0.2, 0) is 0 Å². The van der Waals surface area contributed by atoms with Crippen LogP contribution in [0.3, 0.4) is 0 Å². The summed E-state index contributed by atoms with van der Waals surface area (Å²) in [4.78, 5) is 12.2. The van der Waals surface area contributed by atoms with E-state index in [4.69, 9.17) is 0 Å². The molecule has 0 aliphatic heterocycles. The van der Waals surface area contributed by atoms with Crippen molar-refractivity contribution in [3.05, 3.63) is 60.0 Å². The van der Waals surface area contributed by atoms with Gasteiger partial charge in [-0.25, -0.2) is 0 Å². The standard InChI is InChI=1S/C14H10Br2INO/c1-8-6-10(17)3-5-13(8)18-14(19)11-4-2-9(15)7-12(11)16/h2-7H,1H3,(H,18,19). The molecule has 0 heterocycles. The van der Waals surface area contributed by atoms with Crippen molar-refractivity contribution < 1.29 is 4.79 Å². The summed E-state index contributed by atoms with van der Waals surface area (Å²) in [7, 11) is 0. The topological polar surface area (TPSA) is 29.1 Å². The minimum Gasteiger partial charge on any atom is -0.322 e. The summed E-state index contributed by atoms with van der Waals surface area (Å²) in [6.07, 6.45) is 0. The van der Waals surface area contributed by atoms with E-state index in [9.17, 15) is 4.79 Å². The Balaban J connectivity index is 2.25. The van der Waals surface area contributed by atoms with Gasteiger partial charge in [0.1, 0.15) is 0 Å². The highest BCUT2D eigenvalue weighted by Crippen LogP contribution is 2.24. The molecule has 0 unspecified atom stereocenters. The van der Waals surface area contributed by atoms with Gasteiger partial charge in [-0.1, -0.05) is 15.9 Å². The maximum Gasteiger partial charge on any atom is 0.256 e. The first-order valence-electron chi connectivity index (χ1n) is 5.50. The molecule has 2 aromatic rings. The minimum absolute atomic E-state index is 0.122. The van der Waals surface area contributed by atoms with Gasteiger partial charge in [-0.2, -0.15) is 0 Å². The van der Waals surface area contributed by atoms with Crippen LogP contribution in [0.4, 0.5) is 5.69 Å². The maximum atomic E-state index is 12.2. The van der Waals surface area contributed by atoms with Gasteiger partial charge in [0.2, 0.25) is 0 Å². The van der Waals surface area contributed by atoms with Crippen LogP contribution in [-0.4, -0.2) is 5.91 Å². The van der Waals surface area contributed by atoms with Crippen LogP contribution in [0.25, 0.3) is 0 Å². The molecule has 0 bridgehead atoms. The number of rotatable bonds is 2. The predicted molar refractivity (Wildman–Crippen MR) is 93.7 cm³/mol. The first kappa shape index (κ1) is 15.0. The summed E-state index contributed by atoms with van der Waals surface area (Å²) >= 11 is 9.02. The lowest BCUT2D eigenvalue weighted by atomic mass is 10.1. The Hall–Kier alpha value is -0.400. The third kappa shape index (κ3) is 3.79. The highest BCUT2D eigenvalue weighted by molar-refractivity contribution is 14.1. The molecule has 0 radical (unpaired) electrons. The molecule has 0 aliphatic rings. The lowest BCUT2D eigenvalue weighted by Crippen LogP contribution is -2.13. The molecule has 19 heavy (non-hydrogen) atoms. The number of amides is 1. The van der Waals surface area contributed by atoms with E-state index in [1.807, 2.05) is 37.3 Å². The smallest absolute Gasteiger partial charge is 0.256 e. The molecule has 98 valence electrons. The largest absolute Gasteiger partial charge is 0.322 e. The normalized spacial score (nSPS) is 10.3. The van der Waals surface area contributed by atoms with Gasteiger partial charge in [0.05, 0.1) is 5.56 Å². The highest BCUT2D eigenvalue weighted by Gasteiger charge is 2.11. The molecule has 0 spiro atoms. The van der Waals surface area contributed by atoms with E-state index in [2.05, 4.69) is 59.8 Å². The van der Waals surface area contributed by atoms with Crippen LogP contribution >= 0.6 is 54.5 Å². The molecule has 0 aromatic heterocycles. The Kier molecular flexibility index (Phi) is 5.03. The Morgan fingerprint density at radius 2 is 1.89 bits per heavy atom. The number of carbonyl (C=O) groups excluding carboxylic acids is 1. The second-order valence-corrected chi connectivity index (χ2v) is 7.05. The molecule has 0 saturated carbocycles. The number of hydrogen-bond acceptors (Lipinski definition) is 1. The number of benzene rings is 2. The fourth-order valence-electron chi connectivity index (χ4n) is 1.63. The van der Waals surface area contributed by atoms with Crippen LogP contribution in [0.2, 0.25) is 0 Å². The average molecular weight is 495 g/mol. The lowest BCUT2D eigenvalue weighted by molar-refractivity contribution is 0.102. The number of halogens is 3. The summed E-state index contributed by atoms with van der Waals surface area (Å²) in [5, 5.41) is 2.93. The van der Waals surface area contributed by atoms with Crippen molar-refractivity contribution in [1.82, 2.24) is 0 Å². The summed E-state index contributed by atoms with van der Waals surface area (Å²) in [6.45, 7) is 1.98.